The molecule has 2 atom stereocenters. The predicted octanol–water partition coefficient (Wildman–Crippen LogP) is 2.58. The summed E-state index contributed by atoms with van der Waals surface area (Å²) in [4.78, 5) is 0. The van der Waals surface area contributed by atoms with Gasteiger partial charge in [-0.25, -0.2) is 0 Å². The van der Waals surface area contributed by atoms with Gasteiger partial charge in [-0.05, 0) is 30.4 Å². The molecule has 0 aromatic heterocycles. The van der Waals surface area contributed by atoms with Crippen molar-refractivity contribution in [3.63, 3.8) is 0 Å². The second-order valence-corrected chi connectivity index (χ2v) is 4.52. The third-order valence-corrected chi connectivity index (χ3v) is 3.24. The van der Waals surface area contributed by atoms with Crippen LogP contribution in [0.4, 0.5) is 0 Å². The van der Waals surface area contributed by atoms with Crippen LogP contribution in [0.2, 0.25) is 0 Å². The van der Waals surface area contributed by atoms with Crippen LogP contribution in [0.5, 0.6) is 0 Å². The molecule has 1 aromatic rings. The van der Waals surface area contributed by atoms with E-state index < -0.39 is 11.6 Å². The molecular weight excluding hydrogens is 248 g/mol. The zero-order valence-corrected chi connectivity index (χ0v) is 11.2. The summed E-state index contributed by atoms with van der Waals surface area (Å²) in [5.74, 6) is 0.259. The van der Waals surface area contributed by atoms with Gasteiger partial charge < -0.3 is 5.11 Å². The SMILES string of the molecule is CC1C(c2ccccc2)=CCCCC1O.O=S=O. The first kappa shape index (κ1) is 14.8. The lowest BCUT2D eigenvalue weighted by Crippen LogP contribution is -2.17. The molecular formula is C14H18O3S. The van der Waals surface area contributed by atoms with Gasteiger partial charge in [-0.15, -0.1) is 0 Å². The predicted molar refractivity (Wildman–Crippen MR) is 72.4 cm³/mol. The average Bonchev–Trinajstić information content (AvgIpc) is 2.55. The van der Waals surface area contributed by atoms with Crippen molar-refractivity contribution in [2.75, 3.05) is 0 Å². The summed E-state index contributed by atoms with van der Waals surface area (Å²) in [7, 11) is 0. The van der Waals surface area contributed by atoms with E-state index in [0.29, 0.717) is 0 Å². The minimum Gasteiger partial charge on any atom is -0.393 e. The molecule has 98 valence electrons. The van der Waals surface area contributed by atoms with Crippen LogP contribution in [0.3, 0.4) is 0 Å². The summed E-state index contributed by atoms with van der Waals surface area (Å²) >= 11 is -0.750. The molecule has 1 N–H and O–H groups in total. The molecule has 0 aliphatic heterocycles. The van der Waals surface area contributed by atoms with Gasteiger partial charge in [0.25, 0.3) is 0 Å². The molecule has 4 heteroatoms. The normalized spacial score (nSPS) is 23.1. The van der Waals surface area contributed by atoms with Gasteiger partial charge in [-0.1, -0.05) is 43.3 Å². The molecule has 1 aliphatic rings. The molecule has 1 aromatic carbocycles. The lowest BCUT2D eigenvalue weighted by molar-refractivity contribution is 0.132. The van der Waals surface area contributed by atoms with E-state index in [9.17, 15) is 5.11 Å². The Kier molecular flexibility index (Phi) is 6.54. The van der Waals surface area contributed by atoms with Gasteiger partial charge in [0.1, 0.15) is 0 Å². The quantitative estimate of drug-likeness (QED) is 0.850. The standard InChI is InChI=1S/C14H18O.O2S/c1-11-13(9-5-6-10-14(11)15)12-7-3-2-4-8-12;1-3-2/h2-4,7-9,11,14-15H,5-6,10H2,1H3;. The van der Waals surface area contributed by atoms with Crippen molar-refractivity contribution in [3.05, 3.63) is 42.0 Å². The first-order chi connectivity index (χ1) is 8.70. The number of aliphatic hydroxyl groups is 1. The van der Waals surface area contributed by atoms with E-state index in [1.54, 1.807) is 0 Å². The fourth-order valence-corrected chi connectivity index (χ4v) is 2.24. The van der Waals surface area contributed by atoms with Crippen molar-refractivity contribution in [2.24, 2.45) is 5.92 Å². The highest BCUT2D eigenvalue weighted by Crippen LogP contribution is 2.31. The first-order valence-corrected chi connectivity index (χ1v) is 6.72. The van der Waals surface area contributed by atoms with Crippen molar-refractivity contribution < 1.29 is 13.5 Å². The molecule has 2 rings (SSSR count). The summed E-state index contributed by atoms with van der Waals surface area (Å²) in [6, 6.07) is 10.4. The lowest BCUT2D eigenvalue weighted by Gasteiger charge is -2.19. The van der Waals surface area contributed by atoms with Gasteiger partial charge in [0, 0.05) is 5.92 Å². The largest absolute Gasteiger partial charge is 0.393 e. The molecule has 0 heterocycles. The third-order valence-electron chi connectivity index (χ3n) is 3.24. The minimum absolute atomic E-state index is 0.182. The van der Waals surface area contributed by atoms with Gasteiger partial charge in [-0.2, -0.15) is 8.42 Å². The molecule has 0 bridgehead atoms. The van der Waals surface area contributed by atoms with Gasteiger partial charge >= 0.3 is 11.6 Å². The fraction of sp³-hybridized carbons (Fsp3) is 0.429. The van der Waals surface area contributed by atoms with Crippen LogP contribution in [0, 0.1) is 5.92 Å². The molecule has 0 saturated carbocycles. The maximum atomic E-state index is 9.95. The van der Waals surface area contributed by atoms with Gasteiger partial charge in [0.2, 0.25) is 0 Å². The third kappa shape index (κ3) is 4.20. The Bertz CT molecular complexity index is 422. The van der Waals surface area contributed by atoms with E-state index in [1.807, 2.05) is 6.07 Å². The number of hydrogen-bond acceptors (Lipinski definition) is 3. The Morgan fingerprint density at radius 3 is 2.44 bits per heavy atom. The first-order valence-electron chi connectivity index (χ1n) is 6.06. The molecule has 0 amide bonds. The second-order valence-electron chi connectivity index (χ2n) is 4.38. The van der Waals surface area contributed by atoms with Crippen molar-refractivity contribution in [1.29, 1.82) is 0 Å². The molecule has 0 saturated heterocycles. The second kappa shape index (κ2) is 7.95. The smallest absolute Gasteiger partial charge is 0.335 e. The molecule has 0 fully saturated rings. The topological polar surface area (TPSA) is 54.4 Å². The Morgan fingerprint density at radius 1 is 1.22 bits per heavy atom. The molecule has 18 heavy (non-hydrogen) atoms. The summed E-state index contributed by atoms with van der Waals surface area (Å²) in [6.07, 6.45) is 5.22. The van der Waals surface area contributed by atoms with E-state index in [-0.39, 0.29) is 12.0 Å². The highest BCUT2D eigenvalue weighted by Gasteiger charge is 2.21. The molecule has 2 unspecified atom stereocenters. The van der Waals surface area contributed by atoms with Crippen LogP contribution in [0.15, 0.2) is 36.4 Å². The van der Waals surface area contributed by atoms with Crippen molar-refractivity contribution >= 4 is 17.1 Å². The number of allylic oxidation sites excluding steroid dienone is 1. The van der Waals surface area contributed by atoms with Crippen LogP contribution in [-0.4, -0.2) is 19.6 Å². The zero-order valence-electron chi connectivity index (χ0n) is 10.4. The van der Waals surface area contributed by atoms with Crippen LogP contribution in [-0.2, 0) is 11.6 Å². The highest BCUT2D eigenvalue weighted by atomic mass is 32.1. The highest BCUT2D eigenvalue weighted by molar-refractivity contribution is 7.51. The van der Waals surface area contributed by atoms with Crippen molar-refractivity contribution in [2.45, 2.75) is 32.3 Å². The average molecular weight is 266 g/mol. The monoisotopic (exact) mass is 266 g/mol. The Hall–Kier alpha value is -1.26. The summed E-state index contributed by atoms with van der Waals surface area (Å²) in [5.41, 5.74) is 2.56. The lowest BCUT2D eigenvalue weighted by atomic mass is 9.90. The Labute approximate surface area is 111 Å². The van der Waals surface area contributed by atoms with Crippen molar-refractivity contribution in [1.82, 2.24) is 0 Å². The summed E-state index contributed by atoms with van der Waals surface area (Å²) in [5, 5.41) is 9.95. The maximum Gasteiger partial charge on any atom is 0.335 e. The van der Waals surface area contributed by atoms with Crippen LogP contribution < -0.4 is 0 Å². The van der Waals surface area contributed by atoms with E-state index in [2.05, 4.69) is 37.3 Å². The van der Waals surface area contributed by atoms with Crippen molar-refractivity contribution in [3.8, 4) is 0 Å². The van der Waals surface area contributed by atoms with Crippen LogP contribution >= 0.6 is 0 Å². The Balaban J connectivity index is 0.000000492. The Morgan fingerprint density at radius 2 is 1.83 bits per heavy atom. The number of aliphatic hydroxyl groups excluding tert-OH is 1. The van der Waals surface area contributed by atoms with Gasteiger partial charge in [0.05, 0.1) is 6.10 Å². The molecule has 0 spiro atoms. The summed E-state index contributed by atoms with van der Waals surface area (Å²) < 4.78 is 16.6. The van der Waals surface area contributed by atoms with E-state index in [0.717, 1.165) is 19.3 Å². The number of benzene rings is 1. The molecule has 1 aliphatic carbocycles. The van der Waals surface area contributed by atoms with E-state index in [4.69, 9.17) is 8.42 Å². The van der Waals surface area contributed by atoms with Crippen LogP contribution in [0.1, 0.15) is 31.7 Å². The number of rotatable bonds is 1. The van der Waals surface area contributed by atoms with Gasteiger partial charge in [-0.3, -0.25) is 0 Å². The summed E-state index contributed by atoms with van der Waals surface area (Å²) in [6.45, 7) is 2.12. The minimum atomic E-state index is -0.750. The molecule has 0 radical (unpaired) electrons. The van der Waals surface area contributed by atoms with Gasteiger partial charge in [0.15, 0.2) is 0 Å². The van der Waals surface area contributed by atoms with E-state index in [1.165, 1.54) is 11.1 Å². The number of hydrogen-bond donors (Lipinski definition) is 1. The maximum absolute atomic E-state index is 9.95. The molecule has 3 nitrogen and oxygen atoms in total. The van der Waals surface area contributed by atoms with Crippen LogP contribution in [0.25, 0.3) is 5.57 Å². The van der Waals surface area contributed by atoms with E-state index >= 15 is 0 Å². The fourth-order valence-electron chi connectivity index (χ4n) is 2.24. The zero-order chi connectivity index (χ0) is 13.4.